The van der Waals surface area contributed by atoms with Gasteiger partial charge < -0.3 is 14.6 Å². The summed E-state index contributed by atoms with van der Waals surface area (Å²) in [5.74, 6) is -0.423. The number of carbonyl (C=O) groups excluding carboxylic acids is 2. The average molecular weight is 515 g/mol. The average Bonchev–Trinajstić information content (AvgIpc) is 3.42. The molecule has 2 heterocycles. The van der Waals surface area contributed by atoms with Crippen LogP contribution in [0.4, 0.5) is 5.13 Å². The number of carbonyl (C=O) groups is 2. The Labute approximate surface area is 218 Å². The Morgan fingerprint density at radius 1 is 0.946 bits per heavy atom. The summed E-state index contributed by atoms with van der Waals surface area (Å²) in [4.78, 5) is 33.1. The van der Waals surface area contributed by atoms with Crippen molar-refractivity contribution >= 4 is 44.1 Å². The summed E-state index contributed by atoms with van der Waals surface area (Å²) in [5, 5.41) is 11.9. The van der Waals surface area contributed by atoms with Crippen LogP contribution in [-0.4, -0.2) is 36.0 Å². The van der Waals surface area contributed by atoms with Gasteiger partial charge in [0.25, 0.3) is 5.78 Å². The minimum atomic E-state index is -0.866. The number of rotatable bonds is 5. The summed E-state index contributed by atoms with van der Waals surface area (Å²) in [6.45, 7) is 5.67. The topological polar surface area (TPSA) is 89.0 Å². The first-order valence-corrected chi connectivity index (χ1v) is 12.5. The normalized spacial score (nSPS) is 17.0. The number of ketones is 1. The number of aliphatic hydroxyl groups excluding tert-OH is 1. The van der Waals surface area contributed by atoms with E-state index in [-0.39, 0.29) is 11.3 Å². The van der Waals surface area contributed by atoms with Crippen LogP contribution in [0, 0.1) is 20.8 Å². The van der Waals surface area contributed by atoms with Gasteiger partial charge in [0.05, 0.1) is 36.1 Å². The van der Waals surface area contributed by atoms with Gasteiger partial charge >= 0.3 is 5.91 Å². The molecule has 1 aliphatic rings. The third kappa shape index (κ3) is 4.13. The number of methoxy groups -OCH3 is 2. The monoisotopic (exact) mass is 514 g/mol. The van der Waals surface area contributed by atoms with Gasteiger partial charge in [-0.25, -0.2) is 4.98 Å². The van der Waals surface area contributed by atoms with Crippen LogP contribution in [0.3, 0.4) is 0 Å². The van der Waals surface area contributed by atoms with E-state index in [4.69, 9.17) is 9.47 Å². The molecule has 0 aliphatic carbocycles. The number of benzene rings is 3. The lowest BCUT2D eigenvalue weighted by Crippen LogP contribution is -2.29. The summed E-state index contributed by atoms with van der Waals surface area (Å²) in [6, 6.07) is 15.7. The van der Waals surface area contributed by atoms with Gasteiger partial charge in [0.1, 0.15) is 17.3 Å². The lowest BCUT2D eigenvalue weighted by Gasteiger charge is -2.23. The molecule has 4 aromatic rings. The molecule has 5 rings (SSSR count). The molecule has 1 saturated heterocycles. The van der Waals surface area contributed by atoms with Crippen molar-refractivity contribution in [3.8, 4) is 11.5 Å². The molecule has 3 aromatic carbocycles. The third-order valence-electron chi connectivity index (χ3n) is 6.61. The van der Waals surface area contributed by atoms with Gasteiger partial charge in [-0.05, 0) is 79.4 Å². The van der Waals surface area contributed by atoms with Crippen LogP contribution < -0.4 is 14.4 Å². The van der Waals surface area contributed by atoms with E-state index in [0.29, 0.717) is 27.8 Å². The number of hydrogen-bond donors (Lipinski definition) is 1. The van der Waals surface area contributed by atoms with Crippen molar-refractivity contribution in [3.63, 3.8) is 0 Å². The molecule has 0 spiro atoms. The second-order valence-corrected chi connectivity index (χ2v) is 10.1. The van der Waals surface area contributed by atoms with E-state index < -0.39 is 17.7 Å². The Kier molecular flexibility index (Phi) is 6.21. The number of hydrogen-bond acceptors (Lipinski definition) is 7. The van der Waals surface area contributed by atoms with E-state index >= 15 is 0 Å². The van der Waals surface area contributed by atoms with Crippen molar-refractivity contribution in [1.82, 2.24) is 4.98 Å². The molecule has 37 heavy (non-hydrogen) atoms. The maximum atomic E-state index is 13.5. The summed E-state index contributed by atoms with van der Waals surface area (Å²) in [6.07, 6.45) is 0. The van der Waals surface area contributed by atoms with Crippen molar-refractivity contribution in [2.45, 2.75) is 26.8 Å². The minimum Gasteiger partial charge on any atom is -0.507 e. The highest BCUT2D eigenvalue weighted by Crippen LogP contribution is 2.45. The molecule has 0 saturated carbocycles. The number of nitrogens with zero attached hydrogens (tertiary/aromatic N) is 2. The number of aryl methyl sites for hydroxylation is 3. The molecule has 1 N–H and O–H groups in total. The van der Waals surface area contributed by atoms with Crippen molar-refractivity contribution in [2.75, 3.05) is 19.1 Å². The van der Waals surface area contributed by atoms with Crippen LogP contribution in [0.25, 0.3) is 16.0 Å². The van der Waals surface area contributed by atoms with Gasteiger partial charge in [0, 0.05) is 5.56 Å². The Bertz CT molecular complexity index is 1590. The first kappa shape index (κ1) is 24.5. The summed E-state index contributed by atoms with van der Waals surface area (Å²) >= 11 is 1.34. The van der Waals surface area contributed by atoms with Crippen LogP contribution >= 0.6 is 11.3 Å². The number of aliphatic hydroxyl groups is 1. The number of ether oxygens (including phenoxy) is 2. The number of amides is 1. The summed E-state index contributed by atoms with van der Waals surface area (Å²) in [7, 11) is 3.15. The highest BCUT2D eigenvalue weighted by Gasteiger charge is 2.48. The zero-order valence-corrected chi connectivity index (χ0v) is 22.0. The predicted octanol–water partition coefficient (Wildman–Crippen LogP) is 5.87. The maximum absolute atomic E-state index is 13.5. The van der Waals surface area contributed by atoms with Crippen molar-refractivity contribution in [2.24, 2.45) is 0 Å². The number of anilines is 1. The van der Waals surface area contributed by atoms with Gasteiger partial charge in [-0.3, -0.25) is 14.5 Å². The molecule has 0 radical (unpaired) electrons. The first-order chi connectivity index (χ1) is 17.7. The molecule has 188 valence electrons. The molecule has 0 bridgehead atoms. The fraction of sp³-hybridized carbons (Fsp3) is 0.207. The van der Waals surface area contributed by atoms with Crippen LogP contribution in [-0.2, 0) is 9.59 Å². The second kappa shape index (κ2) is 9.37. The van der Waals surface area contributed by atoms with Crippen LogP contribution in [0.2, 0.25) is 0 Å². The smallest absolute Gasteiger partial charge is 0.301 e. The van der Waals surface area contributed by atoms with Crippen molar-refractivity contribution in [3.05, 3.63) is 88.0 Å². The van der Waals surface area contributed by atoms with Crippen LogP contribution in [0.1, 0.15) is 33.9 Å². The van der Waals surface area contributed by atoms with E-state index in [9.17, 15) is 14.7 Å². The first-order valence-electron chi connectivity index (χ1n) is 11.7. The molecule has 1 atom stereocenters. The molecule has 1 fully saturated rings. The molecule has 1 unspecified atom stereocenters. The fourth-order valence-corrected chi connectivity index (χ4v) is 5.75. The Morgan fingerprint density at radius 2 is 1.68 bits per heavy atom. The molecule has 8 heteroatoms. The Hall–Kier alpha value is -4.17. The predicted molar refractivity (Wildman–Crippen MR) is 145 cm³/mol. The molecular formula is C29H26N2O5S. The van der Waals surface area contributed by atoms with E-state index in [1.165, 1.54) is 16.2 Å². The number of Topliss-reactive ketones (excluding diaryl/α,β-unsaturated/α-hetero) is 1. The highest BCUT2D eigenvalue weighted by atomic mass is 32.1. The van der Waals surface area contributed by atoms with Gasteiger partial charge in [0.2, 0.25) is 0 Å². The van der Waals surface area contributed by atoms with Crippen LogP contribution in [0.15, 0.2) is 60.2 Å². The minimum absolute atomic E-state index is 0.0123. The fourth-order valence-electron chi connectivity index (χ4n) is 4.66. The van der Waals surface area contributed by atoms with Crippen molar-refractivity contribution < 1.29 is 24.2 Å². The van der Waals surface area contributed by atoms with E-state index in [1.807, 2.05) is 39.0 Å². The maximum Gasteiger partial charge on any atom is 0.301 e. The lowest BCUT2D eigenvalue weighted by molar-refractivity contribution is -0.132. The largest absolute Gasteiger partial charge is 0.507 e. The Balaban J connectivity index is 1.74. The van der Waals surface area contributed by atoms with Gasteiger partial charge in [0.15, 0.2) is 5.13 Å². The Morgan fingerprint density at radius 3 is 2.35 bits per heavy atom. The zero-order chi connectivity index (χ0) is 26.4. The lowest BCUT2D eigenvalue weighted by atomic mass is 9.93. The standard InChI is InChI=1S/C29H26N2O5S/c1-15-6-11-21-23(12-15)37-29(30-21)31-25(18-7-9-19(35-4)10-8-18)24(27(33)28(31)34)26(32)20-13-17(3)22(36-5)14-16(20)2/h6-14,25,32H,1-5H3/b26-24+. The van der Waals surface area contributed by atoms with E-state index in [1.54, 1.807) is 50.6 Å². The van der Waals surface area contributed by atoms with Gasteiger partial charge in [-0.1, -0.05) is 29.5 Å². The van der Waals surface area contributed by atoms with Crippen LogP contribution in [0.5, 0.6) is 11.5 Å². The SMILES string of the molecule is COc1ccc(C2/C(=C(\O)c3cc(C)c(OC)cc3C)C(=O)C(=O)N2c2nc3ccc(C)cc3s2)cc1. The molecular weight excluding hydrogens is 488 g/mol. The van der Waals surface area contributed by atoms with Crippen molar-refractivity contribution in [1.29, 1.82) is 0 Å². The van der Waals surface area contributed by atoms with Gasteiger partial charge in [-0.15, -0.1) is 0 Å². The number of fused-ring (bicyclic) bond motifs is 1. The quantitative estimate of drug-likeness (QED) is 0.204. The molecule has 1 aromatic heterocycles. The molecule has 1 amide bonds. The highest BCUT2D eigenvalue weighted by molar-refractivity contribution is 7.22. The number of aromatic nitrogens is 1. The third-order valence-corrected chi connectivity index (χ3v) is 7.63. The molecule has 1 aliphatic heterocycles. The number of thiazole rings is 1. The second-order valence-electron chi connectivity index (χ2n) is 9.05. The summed E-state index contributed by atoms with van der Waals surface area (Å²) < 4.78 is 11.6. The summed E-state index contributed by atoms with van der Waals surface area (Å²) in [5.41, 5.74) is 4.46. The van der Waals surface area contributed by atoms with E-state index in [2.05, 4.69) is 4.98 Å². The molecule has 7 nitrogen and oxygen atoms in total. The van der Waals surface area contributed by atoms with Gasteiger partial charge in [-0.2, -0.15) is 0 Å². The van der Waals surface area contributed by atoms with E-state index in [0.717, 1.165) is 26.9 Å². The zero-order valence-electron chi connectivity index (χ0n) is 21.2.